The van der Waals surface area contributed by atoms with Gasteiger partial charge in [0.25, 0.3) is 0 Å². The van der Waals surface area contributed by atoms with Gasteiger partial charge in [0.1, 0.15) is 0 Å². The van der Waals surface area contributed by atoms with Crippen LogP contribution in [0.4, 0.5) is 0 Å². The highest BCUT2D eigenvalue weighted by atomic mass is 16.3. The third kappa shape index (κ3) is 2.32. The molecule has 2 rings (SSSR count). The highest BCUT2D eigenvalue weighted by Gasteiger charge is 2.33. The molecule has 4 nitrogen and oxygen atoms in total. The Morgan fingerprint density at radius 1 is 1.33 bits per heavy atom. The van der Waals surface area contributed by atoms with Gasteiger partial charge < -0.3 is 15.3 Å². The molecule has 2 aliphatic rings. The number of aliphatic hydroxyl groups is 1. The van der Waals surface area contributed by atoms with Gasteiger partial charge in [-0.05, 0) is 19.3 Å². The monoisotopic (exact) mass is 212 g/mol. The van der Waals surface area contributed by atoms with Gasteiger partial charge in [-0.25, -0.2) is 0 Å². The molecule has 4 heteroatoms. The lowest BCUT2D eigenvalue weighted by Crippen LogP contribution is -2.49. The molecule has 0 spiro atoms. The van der Waals surface area contributed by atoms with Crippen LogP contribution in [0, 0.1) is 0 Å². The fourth-order valence-corrected chi connectivity index (χ4v) is 2.54. The number of aliphatic hydroxyl groups excluding tert-OH is 1. The molecule has 0 aromatic heterocycles. The molecular formula is C11H20N2O2. The average molecular weight is 212 g/mol. The number of likely N-dealkylation sites (tertiary alicyclic amines) is 1. The third-order valence-corrected chi connectivity index (χ3v) is 3.57. The van der Waals surface area contributed by atoms with Crippen molar-refractivity contribution in [3.05, 3.63) is 0 Å². The second-order valence-corrected chi connectivity index (χ2v) is 4.73. The van der Waals surface area contributed by atoms with Crippen LogP contribution >= 0.6 is 0 Å². The number of amides is 1. The lowest BCUT2D eigenvalue weighted by molar-refractivity contribution is -0.128. The van der Waals surface area contributed by atoms with Crippen molar-refractivity contribution in [3.8, 4) is 0 Å². The molecule has 2 fully saturated rings. The minimum atomic E-state index is -0.266. The molecule has 2 N–H and O–H groups in total. The Morgan fingerprint density at radius 3 is 2.67 bits per heavy atom. The summed E-state index contributed by atoms with van der Waals surface area (Å²) in [5.41, 5.74) is 0. The molecule has 1 saturated carbocycles. The lowest BCUT2D eigenvalue weighted by atomic mass is 9.92. The summed E-state index contributed by atoms with van der Waals surface area (Å²) in [4.78, 5) is 13.4. The number of nitrogens with one attached hydrogen (secondary N) is 1. The topological polar surface area (TPSA) is 52.6 Å². The molecule has 1 unspecified atom stereocenters. The first-order valence-electron chi connectivity index (χ1n) is 5.87. The van der Waals surface area contributed by atoms with E-state index in [-0.39, 0.29) is 24.1 Å². The van der Waals surface area contributed by atoms with Gasteiger partial charge in [-0.2, -0.15) is 0 Å². The second kappa shape index (κ2) is 4.49. The number of nitrogens with zero attached hydrogens (tertiary/aromatic N) is 1. The molecule has 1 aliphatic heterocycles. The molecule has 0 aromatic carbocycles. The Hall–Kier alpha value is -0.610. The average Bonchev–Trinajstić information content (AvgIpc) is 2.53. The maximum absolute atomic E-state index is 11.7. The standard InChI is InChI=1S/C11H20N2O2/c1-13-7-6-9(11(13)15)12-8-4-2-3-5-10(8)14/h8-10,12,14H,2-7H2,1H3/t8-,9?,10-/m0/s1. The van der Waals surface area contributed by atoms with E-state index in [2.05, 4.69) is 5.32 Å². The zero-order valence-electron chi connectivity index (χ0n) is 9.28. The van der Waals surface area contributed by atoms with E-state index in [1.165, 1.54) is 0 Å². The van der Waals surface area contributed by atoms with E-state index in [1.54, 1.807) is 4.90 Å². The molecule has 0 bridgehead atoms. The lowest BCUT2D eigenvalue weighted by Gasteiger charge is -2.30. The van der Waals surface area contributed by atoms with Crippen molar-refractivity contribution in [2.45, 2.75) is 50.3 Å². The zero-order chi connectivity index (χ0) is 10.8. The predicted octanol–water partition coefficient (Wildman–Crippen LogP) is 0.110. The van der Waals surface area contributed by atoms with Crippen molar-refractivity contribution in [1.29, 1.82) is 0 Å². The van der Waals surface area contributed by atoms with Gasteiger partial charge in [0.05, 0.1) is 12.1 Å². The summed E-state index contributed by atoms with van der Waals surface area (Å²) < 4.78 is 0. The van der Waals surface area contributed by atoms with Gasteiger partial charge in [-0.1, -0.05) is 12.8 Å². The normalized spacial score (nSPS) is 37.3. The van der Waals surface area contributed by atoms with Crippen LogP contribution in [0.2, 0.25) is 0 Å². The van der Waals surface area contributed by atoms with Crippen LogP contribution in [-0.2, 0) is 4.79 Å². The van der Waals surface area contributed by atoms with E-state index in [1.807, 2.05) is 7.05 Å². The van der Waals surface area contributed by atoms with E-state index >= 15 is 0 Å². The summed E-state index contributed by atoms with van der Waals surface area (Å²) in [6, 6.07) is 0.0620. The quantitative estimate of drug-likeness (QED) is 0.683. The molecule has 1 saturated heterocycles. The summed E-state index contributed by atoms with van der Waals surface area (Å²) in [7, 11) is 1.83. The van der Waals surface area contributed by atoms with Crippen LogP contribution < -0.4 is 5.32 Å². The van der Waals surface area contributed by atoms with Crippen LogP contribution in [0.15, 0.2) is 0 Å². The molecular weight excluding hydrogens is 192 g/mol. The predicted molar refractivity (Wildman–Crippen MR) is 57.4 cm³/mol. The van der Waals surface area contributed by atoms with E-state index in [0.29, 0.717) is 0 Å². The molecule has 1 heterocycles. The van der Waals surface area contributed by atoms with E-state index in [4.69, 9.17) is 0 Å². The number of carbonyl (C=O) groups is 1. The largest absolute Gasteiger partial charge is 0.392 e. The minimum absolute atomic E-state index is 0.0623. The number of rotatable bonds is 2. The summed E-state index contributed by atoms with van der Waals surface area (Å²) >= 11 is 0. The number of hydrogen-bond acceptors (Lipinski definition) is 3. The van der Waals surface area contributed by atoms with Crippen LogP contribution in [0.3, 0.4) is 0 Å². The maximum Gasteiger partial charge on any atom is 0.239 e. The van der Waals surface area contributed by atoms with E-state index in [0.717, 1.165) is 38.6 Å². The summed E-state index contributed by atoms with van der Waals surface area (Å²) in [6.07, 6.45) is 4.74. The summed E-state index contributed by atoms with van der Waals surface area (Å²) in [5.74, 6) is 0.174. The number of carbonyl (C=O) groups excluding carboxylic acids is 1. The minimum Gasteiger partial charge on any atom is -0.392 e. The van der Waals surface area contributed by atoms with Gasteiger partial charge in [0, 0.05) is 19.6 Å². The van der Waals surface area contributed by atoms with Crippen molar-refractivity contribution >= 4 is 5.91 Å². The van der Waals surface area contributed by atoms with Crippen LogP contribution in [0.5, 0.6) is 0 Å². The van der Waals surface area contributed by atoms with Gasteiger partial charge in [0.2, 0.25) is 5.91 Å². The molecule has 1 amide bonds. The Balaban J connectivity index is 1.88. The van der Waals surface area contributed by atoms with Gasteiger partial charge in [0.15, 0.2) is 0 Å². The van der Waals surface area contributed by atoms with Gasteiger partial charge in [-0.3, -0.25) is 4.79 Å². The molecule has 3 atom stereocenters. The van der Waals surface area contributed by atoms with Crippen molar-refractivity contribution in [3.63, 3.8) is 0 Å². The van der Waals surface area contributed by atoms with E-state index in [9.17, 15) is 9.90 Å². The van der Waals surface area contributed by atoms with Crippen molar-refractivity contribution in [1.82, 2.24) is 10.2 Å². The zero-order valence-corrected chi connectivity index (χ0v) is 9.28. The Kier molecular flexibility index (Phi) is 3.26. The van der Waals surface area contributed by atoms with E-state index < -0.39 is 0 Å². The van der Waals surface area contributed by atoms with Crippen LogP contribution in [-0.4, -0.2) is 47.7 Å². The summed E-state index contributed by atoms with van der Waals surface area (Å²) in [6.45, 7) is 0.833. The molecule has 0 aromatic rings. The first kappa shape index (κ1) is 10.9. The Labute approximate surface area is 90.6 Å². The summed E-state index contributed by atoms with van der Waals surface area (Å²) in [5, 5.41) is 13.1. The van der Waals surface area contributed by atoms with Crippen LogP contribution in [0.1, 0.15) is 32.1 Å². The number of likely N-dealkylation sites (N-methyl/N-ethyl adjacent to an activating group) is 1. The Bertz CT molecular complexity index is 245. The molecule has 15 heavy (non-hydrogen) atoms. The fraction of sp³-hybridized carbons (Fsp3) is 0.909. The SMILES string of the molecule is CN1CCC(N[C@H]2CCCC[C@@H]2O)C1=O. The van der Waals surface area contributed by atoms with Crippen LogP contribution in [0.25, 0.3) is 0 Å². The molecule has 86 valence electrons. The highest BCUT2D eigenvalue weighted by molar-refractivity contribution is 5.83. The van der Waals surface area contributed by atoms with Crippen molar-refractivity contribution in [2.75, 3.05) is 13.6 Å². The maximum atomic E-state index is 11.7. The van der Waals surface area contributed by atoms with Gasteiger partial charge in [-0.15, -0.1) is 0 Å². The highest BCUT2D eigenvalue weighted by Crippen LogP contribution is 2.20. The van der Waals surface area contributed by atoms with Crippen molar-refractivity contribution < 1.29 is 9.90 Å². The first-order chi connectivity index (χ1) is 7.18. The third-order valence-electron chi connectivity index (χ3n) is 3.57. The molecule has 1 aliphatic carbocycles. The molecule has 0 radical (unpaired) electrons. The van der Waals surface area contributed by atoms with Gasteiger partial charge >= 0.3 is 0 Å². The van der Waals surface area contributed by atoms with Crippen molar-refractivity contribution in [2.24, 2.45) is 0 Å². The smallest absolute Gasteiger partial charge is 0.239 e. The fourth-order valence-electron chi connectivity index (χ4n) is 2.54. The number of hydrogen-bond donors (Lipinski definition) is 2. The Morgan fingerprint density at radius 2 is 2.07 bits per heavy atom. The first-order valence-corrected chi connectivity index (χ1v) is 5.87. The second-order valence-electron chi connectivity index (χ2n) is 4.73.